The number of nitrogens with two attached hydrogens (primary N) is 1. The van der Waals surface area contributed by atoms with Gasteiger partial charge in [-0.25, -0.2) is 0 Å². The van der Waals surface area contributed by atoms with Gasteiger partial charge in [0, 0.05) is 25.1 Å². The highest BCUT2D eigenvalue weighted by molar-refractivity contribution is 5.95. The molecule has 1 aliphatic rings. The molecule has 0 radical (unpaired) electrons. The minimum Gasteiger partial charge on any atom is -0.397 e. The van der Waals surface area contributed by atoms with Crippen LogP contribution in [-0.4, -0.2) is 22.6 Å². The fourth-order valence-corrected chi connectivity index (χ4v) is 2.21. The van der Waals surface area contributed by atoms with E-state index in [1.807, 2.05) is 12.1 Å². The summed E-state index contributed by atoms with van der Waals surface area (Å²) in [7, 11) is 0. The molecule has 4 N–H and O–H groups in total. The second kappa shape index (κ2) is 5.20. The Morgan fingerprint density at radius 1 is 1.40 bits per heavy atom. The summed E-state index contributed by atoms with van der Waals surface area (Å²) in [6, 6.07) is 3.78. The monoisotopic (exact) mass is 273 g/mol. The molecule has 7 nitrogen and oxygen atoms in total. The molecule has 0 aliphatic carbocycles. The summed E-state index contributed by atoms with van der Waals surface area (Å²) in [6.45, 7) is 0.635. The first kappa shape index (κ1) is 12.5. The van der Waals surface area contributed by atoms with Gasteiger partial charge >= 0.3 is 0 Å². The number of nitrogens with zero attached hydrogens (tertiary/aromatic N) is 2. The zero-order valence-electron chi connectivity index (χ0n) is 10.8. The van der Waals surface area contributed by atoms with E-state index in [-0.39, 0.29) is 5.91 Å². The predicted molar refractivity (Wildman–Crippen MR) is 74.3 cm³/mol. The second-order valence-corrected chi connectivity index (χ2v) is 4.67. The Balaban J connectivity index is 1.69. The molecule has 0 saturated heterocycles. The number of amides is 1. The van der Waals surface area contributed by atoms with Crippen LogP contribution >= 0.6 is 0 Å². The number of rotatable bonds is 4. The van der Waals surface area contributed by atoms with Gasteiger partial charge in [-0.1, -0.05) is 5.16 Å². The van der Waals surface area contributed by atoms with Gasteiger partial charge in [0.25, 0.3) is 0 Å². The average Bonchev–Trinajstić information content (AvgIpc) is 2.93. The molecular formula is C13H15N5O2. The lowest BCUT2D eigenvalue weighted by Gasteiger charge is -2.19. The van der Waals surface area contributed by atoms with Crippen molar-refractivity contribution in [2.75, 3.05) is 22.9 Å². The van der Waals surface area contributed by atoms with E-state index >= 15 is 0 Å². The number of hydrogen-bond acceptors (Lipinski definition) is 6. The van der Waals surface area contributed by atoms with Gasteiger partial charge < -0.3 is 20.9 Å². The zero-order valence-corrected chi connectivity index (χ0v) is 10.8. The maximum absolute atomic E-state index is 11.4. The first-order valence-corrected chi connectivity index (χ1v) is 6.44. The topological polar surface area (TPSA) is 106 Å². The first-order valence-electron chi connectivity index (χ1n) is 6.44. The Kier molecular flexibility index (Phi) is 3.24. The molecule has 1 amide bonds. The number of hydrogen-bond donors (Lipinski definition) is 3. The molecule has 3 rings (SSSR count). The molecule has 1 aromatic heterocycles. The van der Waals surface area contributed by atoms with Crippen molar-refractivity contribution in [2.45, 2.75) is 19.3 Å². The van der Waals surface area contributed by atoms with Crippen LogP contribution in [0.2, 0.25) is 0 Å². The van der Waals surface area contributed by atoms with E-state index in [1.165, 1.54) is 6.39 Å². The molecule has 2 aromatic rings. The van der Waals surface area contributed by atoms with Crippen molar-refractivity contribution in [3.05, 3.63) is 29.9 Å². The number of nitrogen functional groups attached to an aromatic ring is 1. The molecule has 0 bridgehead atoms. The van der Waals surface area contributed by atoms with E-state index in [0.717, 1.165) is 23.4 Å². The Bertz CT molecular complexity index is 624. The average molecular weight is 273 g/mol. The number of aryl methyl sites for hydroxylation is 1. The fraction of sp³-hybridized carbons (Fsp3) is 0.308. The van der Waals surface area contributed by atoms with Crippen molar-refractivity contribution < 1.29 is 9.32 Å². The van der Waals surface area contributed by atoms with Crippen molar-refractivity contribution in [3.8, 4) is 0 Å². The van der Waals surface area contributed by atoms with Crippen LogP contribution in [-0.2, 0) is 17.6 Å². The van der Waals surface area contributed by atoms with Gasteiger partial charge in [0.1, 0.15) is 0 Å². The number of aromatic nitrogens is 2. The molecule has 104 valence electrons. The first-order chi connectivity index (χ1) is 9.72. The van der Waals surface area contributed by atoms with Gasteiger partial charge in [0.2, 0.25) is 12.3 Å². The van der Waals surface area contributed by atoms with Crippen LogP contribution in [0.25, 0.3) is 0 Å². The molecule has 2 heterocycles. The molecule has 1 aromatic carbocycles. The summed E-state index contributed by atoms with van der Waals surface area (Å²) in [5.74, 6) is 0.683. The highest BCUT2D eigenvalue weighted by Crippen LogP contribution is 2.30. The smallest absolute Gasteiger partial charge is 0.224 e. The van der Waals surface area contributed by atoms with Gasteiger partial charge in [-0.15, -0.1) is 0 Å². The summed E-state index contributed by atoms with van der Waals surface area (Å²) in [6.07, 6.45) is 3.18. The third-order valence-electron chi connectivity index (χ3n) is 3.24. The van der Waals surface area contributed by atoms with Gasteiger partial charge in [0.15, 0.2) is 5.82 Å². The van der Waals surface area contributed by atoms with Crippen molar-refractivity contribution >= 4 is 23.0 Å². The molecule has 0 fully saturated rings. The molecule has 1 aliphatic heterocycles. The maximum atomic E-state index is 11.4. The van der Waals surface area contributed by atoms with Crippen molar-refractivity contribution in [3.63, 3.8) is 0 Å². The number of anilines is 3. The number of benzene rings is 1. The maximum Gasteiger partial charge on any atom is 0.224 e. The minimum absolute atomic E-state index is 0.0417. The number of carbonyl (C=O) groups excluding carboxylic acids is 1. The Labute approximate surface area is 115 Å². The van der Waals surface area contributed by atoms with Gasteiger partial charge in [0.05, 0.1) is 11.4 Å². The van der Waals surface area contributed by atoms with E-state index < -0.39 is 0 Å². The van der Waals surface area contributed by atoms with Crippen molar-refractivity contribution in [2.24, 2.45) is 0 Å². The Morgan fingerprint density at radius 3 is 3.10 bits per heavy atom. The SMILES string of the molecule is Nc1cc2c(cc1NCCc1ncon1)NC(=O)CC2. The second-order valence-electron chi connectivity index (χ2n) is 4.67. The van der Waals surface area contributed by atoms with Crippen LogP contribution in [0.1, 0.15) is 17.8 Å². The van der Waals surface area contributed by atoms with E-state index in [9.17, 15) is 4.79 Å². The molecule has 0 saturated carbocycles. The Morgan fingerprint density at radius 2 is 2.30 bits per heavy atom. The largest absolute Gasteiger partial charge is 0.397 e. The van der Waals surface area contributed by atoms with E-state index in [0.29, 0.717) is 30.9 Å². The fourth-order valence-electron chi connectivity index (χ4n) is 2.21. The van der Waals surface area contributed by atoms with Crippen LogP contribution in [0.5, 0.6) is 0 Å². The molecule has 0 spiro atoms. The highest BCUT2D eigenvalue weighted by atomic mass is 16.5. The minimum atomic E-state index is 0.0417. The number of fused-ring (bicyclic) bond motifs is 1. The number of nitrogens with one attached hydrogen (secondary N) is 2. The van der Waals surface area contributed by atoms with Crippen LogP contribution in [0.4, 0.5) is 17.1 Å². The summed E-state index contributed by atoms with van der Waals surface area (Å²) in [5, 5.41) is 9.81. The summed E-state index contributed by atoms with van der Waals surface area (Å²) in [4.78, 5) is 15.3. The standard InChI is InChI=1S/C13H15N5O2/c14-9-5-8-1-2-13(19)17-10(8)6-11(9)15-4-3-12-16-7-20-18-12/h5-7,15H,1-4,14H2,(H,17,19). The molecule has 7 heteroatoms. The van der Waals surface area contributed by atoms with E-state index in [4.69, 9.17) is 5.73 Å². The summed E-state index contributed by atoms with van der Waals surface area (Å²) < 4.78 is 4.67. The van der Waals surface area contributed by atoms with Crippen LogP contribution in [0.3, 0.4) is 0 Å². The molecule has 20 heavy (non-hydrogen) atoms. The third kappa shape index (κ3) is 2.56. The molecular weight excluding hydrogens is 258 g/mol. The predicted octanol–water partition coefficient (Wildman–Crippen LogP) is 1.19. The van der Waals surface area contributed by atoms with Crippen LogP contribution < -0.4 is 16.4 Å². The van der Waals surface area contributed by atoms with Crippen molar-refractivity contribution in [1.29, 1.82) is 0 Å². The lowest BCUT2D eigenvalue weighted by molar-refractivity contribution is -0.116. The Hall–Kier alpha value is -2.57. The van der Waals surface area contributed by atoms with Crippen LogP contribution in [0, 0.1) is 0 Å². The normalized spacial score (nSPS) is 13.7. The van der Waals surface area contributed by atoms with Gasteiger partial charge in [-0.2, -0.15) is 4.98 Å². The quantitative estimate of drug-likeness (QED) is 0.722. The van der Waals surface area contributed by atoms with Gasteiger partial charge in [-0.05, 0) is 24.1 Å². The van der Waals surface area contributed by atoms with Crippen LogP contribution in [0.15, 0.2) is 23.0 Å². The summed E-state index contributed by atoms with van der Waals surface area (Å²) in [5.41, 5.74) is 9.39. The summed E-state index contributed by atoms with van der Waals surface area (Å²) >= 11 is 0. The molecule has 0 unspecified atom stereocenters. The number of carbonyl (C=O) groups is 1. The highest BCUT2D eigenvalue weighted by Gasteiger charge is 2.16. The zero-order chi connectivity index (χ0) is 13.9. The van der Waals surface area contributed by atoms with Gasteiger partial charge in [-0.3, -0.25) is 4.79 Å². The lowest BCUT2D eigenvalue weighted by Crippen LogP contribution is -2.19. The van der Waals surface area contributed by atoms with E-state index in [1.54, 1.807) is 0 Å². The molecule has 0 atom stereocenters. The lowest BCUT2D eigenvalue weighted by atomic mass is 10.0. The van der Waals surface area contributed by atoms with E-state index in [2.05, 4.69) is 25.3 Å². The van der Waals surface area contributed by atoms with Crippen molar-refractivity contribution in [1.82, 2.24) is 10.1 Å². The third-order valence-corrected chi connectivity index (χ3v) is 3.24.